The second-order valence-electron chi connectivity index (χ2n) is 7.98. The van der Waals surface area contributed by atoms with E-state index in [0.717, 1.165) is 24.9 Å². The second kappa shape index (κ2) is 12.3. The molecule has 6 nitrogen and oxygen atoms in total. The summed E-state index contributed by atoms with van der Waals surface area (Å²) >= 11 is 0. The first-order valence-corrected chi connectivity index (χ1v) is 11.0. The zero-order chi connectivity index (χ0) is 23.0. The molecule has 1 aliphatic heterocycles. The monoisotopic (exact) mass is 502 g/mol. The third kappa shape index (κ3) is 6.41. The topological polar surface area (TPSA) is 91.1 Å². The number of likely N-dealkylation sites (tertiary alicyclic amines) is 1. The fourth-order valence-electron chi connectivity index (χ4n) is 4.15. The van der Waals surface area contributed by atoms with E-state index in [0.29, 0.717) is 23.5 Å². The largest absolute Gasteiger partial charge is 2.00 e. The van der Waals surface area contributed by atoms with Gasteiger partial charge in [-0.25, -0.2) is 0 Å². The van der Waals surface area contributed by atoms with Crippen molar-refractivity contribution in [3.8, 4) is 0 Å². The molecule has 1 radical (unpaired) electrons. The smallest absolute Gasteiger partial charge is 0.861 e. The Labute approximate surface area is 210 Å². The minimum atomic E-state index is -1.27. The fourth-order valence-corrected chi connectivity index (χ4v) is 4.15. The van der Waals surface area contributed by atoms with Crippen LogP contribution in [0.15, 0.2) is 94.9 Å². The molecule has 1 fully saturated rings. The molecule has 0 N–H and O–H groups in total. The van der Waals surface area contributed by atoms with E-state index in [-0.39, 0.29) is 29.0 Å². The van der Waals surface area contributed by atoms with Crippen LogP contribution in [0.4, 0.5) is 5.69 Å². The van der Waals surface area contributed by atoms with E-state index in [1.807, 2.05) is 66.7 Å². The maximum Gasteiger partial charge on any atom is 2.00 e. The molecular weight excluding hydrogens is 478 g/mol. The number of hydrogen-bond donors (Lipinski definition) is 0. The van der Waals surface area contributed by atoms with E-state index in [4.69, 9.17) is 0 Å². The van der Waals surface area contributed by atoms with Crippen LogP contribution in [-0.4, -0.2) is 41.6 Å². The molecule has 0 saturated carbocycles. The maximum atomic E-state index is 13.2. The van der Waals surface area contributed by atoms with Crippen molar-refractivity contribution >= 4 is 23.3 Å². The Bertz CT molecular complexity index is 1150. The molecule has 177 valence electrons. The number of nitrogens with zero attached hydrogens (tertiary/aromatic N) is 3. The van der Waals surface area contributed by atoms with E-state index < -0.39 is 12.5 Å². The molecule has 3 aromatic carbocycles. The maximum absolute atomic E-state index is 13.2. The summed E-state index contributed by atoms with van der Waals surface area (Å²) in [6, 6.07) is 26.3. The Morgan fingerprint density at radius 2 is 1.56 bits per heavy atom. The average Bonchev–Trinajstić information content (AvgIpc) is 3.29. The summed E-state index contributed by atoms with van der Waals surface area (Å²) in [6.07, 6.45) is 1.71. The summed E-state index contributed by atoms with van der Waals surface area (Å²) in [6.45, 7) is 1.08. The van der Waals surface area contributed by atoms with Gasteiger partial charge in [0.1, 0.15) is 0 Å². The molecule has 1 aliphatic rings. The summed E-state index contributed by atoms with van der Waals surface area (Å²) in [4.78, 5) is 22.0. The standard InChI is InChI=1S/C27H27N3O3.Cu/c31-25(32)18-28-26(21-12-5-2-6-13-21)22-14-7-8-15-23(22)29-27(33)24-16-9-17-30(24)19-20-10-3-1-4-11-20;/h1-8,10-15,24H,9,16-19H2,(H,29,33)(H,31,32);/q;+2/p-2/t24-;/m0./s1. The Hall–Kier alpha value is -3.25. The second-order valence-corrected chi connectivity index (χ2v) is 7.98. The van der Waals surface area contributed by atoms with Gasteiger partial charge in [0.2, 0.25) is 0 Å². The summed E-state index contributed by atoms with van der Waals surface area (Å²) in [5.41, 5.74) is 3.49. The van der Waals surface area contributed by atoms with Gasteiger partial charge in [0.05, 0.1) is 23.9 Å². The number of aliphatic carboxylic acids is 1. The summed E-state index contributed by atoms with van der Waals surface area (Å²) < 4.78 is 0. The first kappa shape index (κ1) is 25.4. The van der Waals surface area contributed by atoms with Crippen molar-refractivity contribution in [2.75, 3.05) is 13.1 Å². The van der Waals surface area contributed by atoms with Gasteiger partial charge in [-0.2, -0.15) is 0 Å². The summed E-state index contributed by atoms with van der Waals surface area (Å²) in [5, 5.41) is 24.3. The third-order valence-corrected chi connectivity index (χ3v) is 5.68. The number of carboxylic acid groups (broad SMARTS) is 1. The molecule has 0 bridgehead atoms. The van der Waals surface area contributed by atoms with Crippen LogP contribution in [0.1, 0.15) is 29.5 Å². The zero-order valence-electron chi connectivity index (χ0n) is 18.6. The SMILES string of the molecule is O=C([O-])CN=C(c1ccccc1)c1ccccc1N=C([O-])[C@@H]1CCCN1Cc1ccccc1.[Cu+2]. The van der Waals surface area contributed by atoms with Crippen molar-refractivity contribution in [3.05, 3.63) is 102 Å². The van der Waals surface area contributed by atoms with Crippen LogP contribution in [0, 0.1) is 0 Å². The third-order valence-electron chi connectivity index (χ3n) is 5.68. The van der Waals surface area contributed by atoms with Crippen LogP contribution in [0.5, 0.6) is 0 Å². The number of carbonyl (C=O) groups is 1. The molecule has 1 atom stereocenters. The Balaban J connectivity index is 0.00000324. The van der Waals surface area contributed by atoms with Crippen molar-refractivity contribution in [2.45, 2.75) is 25.4 Å². The number of rotatable bonds is 8. The van der Waals surface area contributed by atoms with Crippen molar-refractivity contribution in [1.82, 2.24) is 4.90 Å². The summed E-state index contributed by atoms with van der Waals surface area (Å²) in [7, 11) is 0. The molecular formula is C27H25CuN3O3. The van der Waals surface area contributed by atoms with E-state index in [1.165, 1.54) is 5.56 Å². The molecule has 0 spiro atoms. The number of benzene rings is 3. The van der Waals surface area contributed by atoms with Gasteiger partial charge >= 0.3 is 17.1 Å². The average molecular weight is 503 g/mol. The van der Waals surface area contributed by atoms with E-state index in [1.54, 1.807) is 6.07 Å². The van der Waals surface area contributed by atoms with Gasteiger partial charge in [0, 0.05) is 23.7 Å². The predicted molar refractivity (Wildman–Crippen MR) is 125 cm³/mol. The molecule has 0 amide bonds. The Morgan fingerprint density at radius 3 is 2.26 bits per heavy atom. The van der Waals surface area contributed by atoms with Crippen LogP contribution in [0.3, 0.4) is 0 Å². The molecule has 3 aromatic rings. The van der Waals surface area contributed by atoms with Gasteiger partial charge in [0.15, 0.2) is 0 Å². The van der Waals surface area contributed by atoms with E-state index >= 15 is 0 Å². The number of aliphatic imine (C=N–C) groups is 2. The normalized spacial score (nSPS) is 16.8. The van der Waals surface area contributed by atoms with Crippen molar-refractivity contribution < 1.29 is 32.1 Å². The number of carboxylic acids is 1. The van der Waals surface area contributed by atoms with Crippen molar-refractivity contribution in [2.24, 2.45) is 9.98 Å². The molecule has 1 saturated heterocycles. The van der Waals surface area contributed by atoms with Gasteiger partial charge in [-0.1, -0.05) is 78.9 Å². The van der Waals surface area contributed by atoms with Crippen molar-refractivity contribution in [1.29, 1.82) is 0 Å². The molecule has 7 heteroatoms. The van der Waals surface area contributed by atoms with Gasteiger partial charge in [-0.15, -0.1) is 0 Å². The fraction of sp³-hybridized carbons (Fsp3) is 0.222. The van der Waals surface area contributed by atoms with Crippen LogP contribution in [-0.2, 0) is 28.4 Å². The molecule has 0 aromatic heterocycles. The molecule has 0 unspecified atom stereocenters. The number of hydrogen-bond acceptors (Lipinski definition) is 6. The Kier molecular flexibility index (Phi) is 9.16. The minimum absolute atomic E-state index is 0. The molecule has 0 aliphatic carbocycles. The molecule has 4 rings (SSSR count). The minimum Gasteiger partial charge on any atom is -0.861 e. The van der Waals surface area contributed by atoms with Gasteiger partial charge in [-0.3, -0.25) is 14.9 Å². The van der Waals surface area contributed by atoms with Crippen LogP contribution < -0.4 is 10.2 Å². The predicted octanol–water partition coefficient (Wildman–Crippen LogP) is 2.33. The van der Waals surface area contributed by atoms with Crippen LogP contribution >= 0.6 is 0 Å². The quantitative estimate of drug-likeness (QED) is 0.268. The Morgan fingerprint density at radius 1 is 0.912 bits per heavy atom. The first-order valence-electron chi connectivity index (χ1n) is 11.0. The van der Waals surface area contributed by atoms with Gasteiger partial charge in [0.25, 0.3) is 0 Å². The number of carbonyl (C=O) groups excluding carboxylic acids is 1. The summed E-state index contributed by atoms with van der Waals surface area (Å²) in [5.74, 6) is -1.46. The zero-order valence-corrected chi connectivity index (χ0v) is 19.5. The first-order chi connectivity index (χ1) is 16.1. The van der Waals surface area contributed by atoms with E-state index in [9.17, 15) is 15.0 Å². The van der Waals surface area contributed by atoms with Crippen molar-refractivity contribution in [3.63, 3.8) is 0 Å². The molecule has 1 heterocycles. The van der Waals surface area contributed by atoms with Gasteiger partial charge in [-0.05, 0) is 36.9 Å². The van der Waals surface area contributed by atoms with Gasteiger partial charge < -0.3 is 15.0 Å². The van der Waals surface area contributed by atoms with Crippen LogP contribution in [0.25, 0.3) is 0 Å². The molecule has 34 heavy (non-hydrogen) atoms. The number of para-hydroxylation sites is 1. The van der Waals surface area contributed by atoms with E-state index in [2.05, 4.69) is 27.0 Å². The van der Waals surface area contributed by atoms with Crippen LogP contribution in [0.2, 0.25) is 0 Å².